The Morgan fingerprint density at radius 3 is 1.94 bits per heavy atom. The van der Waals surface area contributed by atoms with Crippen LogP contribution in [0.4, 0.5) is 30.2 Å². The zero-order chi connectivity index (χ0) is 26.8. The number of hydrogen-bond acceptors (Lipinski definition) is 8. The van der Waals surface area contributed by atoms with E-state index in [-0.39, 0.29) is 27.7 Å². The normalized spacial score (nSPS) is 11.6. The molecule has 0 amide bonds. The molecule has 0 atom stereocenters. The van der Waals surface area contributed by atoms with E-state index in [0.717, 1.165) is 18.2 Å². The monoisotopic (exact) mass is 547 g/mol. The average molecular weight is 548 g/mol. The summed E-state index contributed by atoms with van der Waals surface area (Å²) in [6.45, 7) is 0. The quantitative estimate of drug-likeness (QED) is 0.275. The Hall–Kier alpha value is -4.11. The van der Waals surface area contributed by atoms with Crippen molar-refractivity contribution in [1.82, 2.24) is 0 Å². The molecule has 3 aromatic rings. The van der Waals surface area contributed by atoms with Gasteiger partial charge in [0.05, 0.1) is 38.1 Å². The molecule has 36 heavy (non-hydrogen) atoms. The molecule has 1 N–H and O–H groups in total. The molecule has 0 heterocycles. The first-order valence-electron chi connectivity index (χ1n) is 9.41. The lowest BCUT2D eigenvalue weighted by Gasteiger charge is -2.13. The number of benzene rings is 3. The Bertz CT molecular complexity index is 1410. The predicted molar refractivity (Wildman–Crippen MR) is 120 cm³/mol. The molecule has 0 bridgehead atoms. The third kappa shape index (κ3) is 5.75. The predicted octanol–water partition coefficient (Wildman–Crippen LogP) is 5.78. The molecule has 0 radical (unpaired) electrons. The van der Waals surface area contributed by atoms with Crippen LogP contribution in [0, 0.1) is 20.2 Å². The number of hydrogen-bond donors (Lipinski definition) is 1. The molecule has 0 fully saturated rings. The van der Waals surface area contributed by atoms with Crippen LogP contribution >= 0.6 is 11.6 Å². The van der Waals surface area contributed by atoms with Crippen molar-refractivity contribution >= 4 is 38.7 Å². The summed E-state index contributed by atoms with van der Waals surface area (Å²) in [6, 6.07) is 8.78. The Labute approximate surface area is 205 Å². The SMILES string of the molecule is COc1ccc(S(=O)(=O)Nc2ccc(Oc3c([N+](=O)[O-])cc(C(F)(F)F)cc3[N+](=O)[O-])c(Cl)c2)cc1. The van der Waals surface area contributed by atoms with E-state index in [2.05, 4.69) is 4.72 Å². The van der Waals surface area contributed by atoms with Gasteiger partial charge in [0.1, 0.15) is 11.5 Å². The van der Waals surface area contributed by atoms with Crippen LogP contribution in [0.5, 0.6) is 17.2 Å². The van der Waals surface area contributed by atoms with E-state index < -0.39 is 54.5 Å². The molecular weight excluding hydrogens is 535 g/mol. The Kier molecular flexibility index (Phi) is 7.26. The Morgan fingerprint density at radius 1 is 0.944 bits per heavy atom. The van der Waals surface area contributed by atoms with E-state index in [1.807, 2.05) is 0 Å². The molecule has 16 heteroatoms. The number of anilines is 1. The summed E-state index contributed by atoms with van der Waals surface area (Å²) < 4.78 is 76.7. The molecule has 3 rings (SSSR count). The van der Waals surface area contributed by atoms with Crippen LogP contribution in [0.1, 0.15) is 5.56 Å². The lowest BCUT2D eigenvalue weighted by atomic mass is 10.1. The fraction of sp³-hybridized carbons (Fsp3) is 0.100. The lowest BCUT2D eigenvalue weighted by molar-refractivity contribution is -0.396. The van der Waals surface area contributed by atoms with Gasteiger partial charge in [0.2, 0.25) is 0 Å². The van der Waals surface area contributed by atoms with Crippen molar-refractivity contribution < 1.29 is 40.9 Å². The molecule has 11 nitrogen and oxygen atoms in total. The van der Waals surface area contributed by atoms with Gasteiger partial charge in [-0.15, -0.1) is 0 Å². The topological polar surface area (TPSA) is 151 Å². The lowest BCUT2D eigenvalue weighted by Crippen LogP contribution is -2.12. The van der Waals surface area contributed by atoms with Crippen molar-refractivity contribution in [1.29, 1.82) is 0 Å². The fourth-order valence-corrected chi connectivity index (χ4v) is 4.13. The number of nitrogens with zero attached hydrogens (tertiary/aromatic N) is 2. The number of methoxy groups -OCH3 is 1. The summed E-state index contributed by atoms with van der Waals surface area (Å²) in [5, 5.41) is 22.4. The smallest absolute Gasteiger partial charge is 0.416 e. The van der Waals surface area contributed by atoms with Crippen LogP contribution in [0.25, 0.3) is 0 Å². The third-order valence-corrected chi connectivity index (χ3v) is 6.23. The summed E-state index contributed by atoms with van der Waals surface area (Å²) in [5.41, 5.74) is -4.34. The number of sulfonamides is 1. The summed E-state index contributed by atoms with van der Waals surface area (Å²) >= 11 is 6.07. The van der Waals surface area contributed by atoms with Gasteiger partial charge in [-0.3, -0.25) is 25.0 Å². The van der Waals surface area contributed by atoms with E-state index in [4.69, 9.17) is 21.1 Å². The summed E-state index contributed by atoms with van der Waals surface area (Å²) in [4.78, 5) is 20.0. The van der Waals surface area contributed by atoms with Crippen LogP contribution in [-0.4, -0.2) is 25.4 Å². The van der Waals surface area contributed by atoms with Crippen molar-refractivity contribution in [2.45, 2.75) is 11.1 Å². The second-order valence-electron chi connectivity index (χ2n) is 6.88. The largest absolute Gasteiger partial charge is 0.497 e. The summed E-state index contributed by atoms with van der Waals surface area (Å²) in [7, 11) is -2.67. The highest BCUT2D eigenvalue weighted by atomic mass is 35.5. The number of rotatable bonds is 8. The molecule has 0 saturated carbocycles. The Balaban J connectivity index is 1.97. The zero-order valence-corrected chi connectivity index (χ0v) is 19.3. The summed E-state index contributed by atoms with van der Waals surface area (Å²) in [5.74, 6) is -1.09. The number of ether oxygens (including phenoxy) is 2. The minimum atomic E-state index is -5.10. The highest BCUT2D eigenvalue weighted by Gasteiger charge is 2.38. The molecule has 0 aliphatic heterocycles. The van der Waals surface area contributed by atoms with Crippen molar-refractivity contribution in [3.63, 3.8) is 0 Å². The van der Waals surface area contributed by atoms with Gasteiger partial charge >= 0.3 is 17.6 Å². The minimum Gasteiger partial charge on any atom is -0.497 e. The molecular formula is C20H13ClF3N3O8S. The van der Waals surface area contributed by atoms with Gasteiger partial charge in [0.15, 0.2) is 0 Å². The van der Waals surface area contributed by atoms with Crippen LogP contribution in [0.3, 0.4) is 0 Å². The average Bonchev–Trinajstić information content (AvgIpc) is 2.79. The maximum absolute atomic E-state index is 13.1. The van der Waals surface area contributed by atoms with Crippen molar-refractivity contribution in [2.75, 3.05) is 11.8 Å². The van der Waals surface area contributed by atoms with Crippen LogP contribution in [0.15, 0.2) is 59.5 Å². The second kappa shape index (κ2) is 9.87. The highest BCUT2D eigenvalue weighted by molar-refractivity contribution is 7.92. The number of nitrogens with one attached hydrogen (secondary N) is 1. The molecule has 190 valence electrons. The van der Waals surface area contributed by atoms with Crippen molar-refractivity contribution in [3.8, 4) is 17.2 Å². The van der Waals surface area contributed by atoms with Gasteiger partial charge in [-0.2, -0.15) is 13.2 Å². The number of nitro benzene ring substituents is 2. The molecule has 0 unspecified atom stereocenters. The zero-order valence-electron chi connectivity index (χ0n) is 17.8. The first-order valence-corrected chi connectivity index (χ1v) is 11.3. The van der Waals surface area contributed by atoms with E-state index >= 15 is 0 Å². The van der Waals surface area contributed by atoms with Crippen molar-refractivity contribution in [2.24, 2.45) is 0 Å². The first-order chi connectivity index (χ1) is 16.7. The first kappa shape index (κ1) is 26.5. The highest BCUT2D eigenvalue weighted by Crippen LogP contribution is 2.45. The van der Waals surface area contributed by atoms with Crippen LogP contribution in [0.2, 0.25) is 5.02 Å². The fourth-order valence-electron chi connectivity index (χ4n) is 2.86. The minimum absolute atomic E-state index is 0.0698. The van der Waals surface area contributed by atoms with Gasteiger partial charge < -0.3 is 9.47 Å². The molecule has 0 saturated heterocycles. The maximum atomic E-state index is 13.1. The van der Waals surface area contributed by atoms with Gasteiger partial charge in [-0.25, -0.2) is 8.42 Å². The number of halogens is 4. The van der Waals surface area contributed by atoms with Gasteiger partial charge in [0, 0.05) is 12.1 Å². The second-order valence-corrected chi connectivity index (χ2v) is 8.97. The number of alkyl halides is 3. The molecule has 0 spiro atoms. The van der Waals surface area contributed by atoms with E-state index in [9.17, 15) is 41.8 Å². The maximum Gasteiger partial charge on any atom is 0.416 e. The van der Waals surface area contributed by atoms with Crippen LogP contribution < -0.4 is 14.2 Å². The molecule has 0 aliphatic carbocycles. The third-order valence-electron chi connectivity index (χ3n) is 4.54. The van der Waals surface area contributed by atoms with E-state index in [1.165, 1.54) is 31.4 Å². The van der Waals surface area contributed by atoms with E-state index in [0.29, 0.717) is 5.75 Å². The van der Waals surface area contributed by atoms with Gasteiger partial charge in [-0.05, 0) is 42.5 Å². The van der Waals surface area contributed by atoms with Crippen LogP contribution in [-0.2, 0) is 16.2 Å². The Morgan fingerprint density at radius 2 is 1.50 bits per heavy atom. The number of nitro groups is 2. The standard InChI is InChI=1S/C20H13ClF3N3O8S/c1-34-13-3-5-14(6-4-13)36(32,33)25-12-2-7-18(15(21)10-12)35-19-16(26(28)29)8-11(20(22,23)24)9-17(19)27(30)31/h2-10,25H,1H3. The molecule has 0 aromatic heterocycles. The van der Waals surface area contributed by atoms with Gasteiger partial charge in [0.25, 0.3) is 15.8 Å². The molecule has 0 aliphatic rings. The summed E-state index contributed by atoms with van der Waals surface area (Å²) in [6.07, 6.45) is -5.10. The van der Waals surface area contributed by atoms with Crippen molar-refractivity contribution in [3.05, 3.63) is 85.4 Å². The molecule has 3 aromatic carbocycles. The van der Waals surface area contributed by atoms with E-state index in [1.54, 1.807) is 0 Å². The van der Waals surface area contributed by atoms with Gasteiger partial charge in [-0.1, -0.05) is 11.6 Å².